The van der Waals surface area contributed by atoms with Crippen LogP contribution >= 0.6 is 0 Å². The molecule has 4 aliphatic rings. The monoisotopic (exact) mass is 614 g/mol. The number of aliphatic carboxylic acids is 1. The summed E-state index contributed by atoms with van der Waals surface area (Å²) in [6.45, 7) is 8.37. The molecule has 13 heteroatoms. The van der Waals surface area contributed by atoms with Gasteiger partial charge in [-0.15, -0.1) is 0 Å². The number of nitrogens with zero attached hydrogens (tertiary/aromatic N) is 4. The second-order valence-corrected chi connectivity index (χ2v) is 12.4. The van der Waals surface area contributed by atoms with E-state index in [1.807, 2.05) is 4.90 Å². The molecule has 1 aromatic rings. The number of alkyl halides is 3. The molecule has 1 N–H and O–H groups in total. The smallest absolute Gasteiger partial charge is 0.475 e. The highest BCUT2D eigenvalue weighted by Crippen LogP contribution is 2.43. The highest BCUT2D eigenvalue weighted by Gasteiger charge is 2.55. The van der Waals surface area contributed by atoms with Crippen LogP contribution in [0, 0.1) is 12.8 Å². The van der Waals surface area contributed by atoms with Crippen LogP contribution in [0.5, 0.6) is 0 Å². The molecule has 5 rings (SSSR count). The van der Waals surface area contributed by atoms with E-state index in [1.165, 1.54) is 38.3 Å². The molecule has 4 heterocycles. The fraction of sp³-hybridized carbons (Fsp3) is 0.800. The molecule has 1 unspecified atom stereocenters. The fourth-order valence-corrected chi connectivity index (χ4v) is 7.19. The van der Waals surface area contributed by atoms with Crippen molar-refractivity contribution in [2.45, 2.75) is 115 Å². The van der Waals surface area contributed by atoms with Gasteiger partial charge in [-0.2, -0.15) is 13.2 Å². The zero-order valence-corrected chi connectivity index (χ0v) is 25.2. The van der Waals surface area contributed by atoms with E-state index in [2.05, 4.69) is 21.9 Å². The van der Waals surface area contributed by atoms with Crippen LogP contribution < -0.4 is 0 Å². The molecule has 242 valence electrons. The summed E-state index contributed by atoms with van der Waals surface area (Å²) in [6, 6.07) is 0.708. The van der Waals surface area contributed by atoms with Crippen LogP contribution in [-0.2, 0) is 9.53 Å². The number of ether oxygens (including phenoxy) is 1. The number of hydrogen-bond acceptors (Lipinski definition) is 7. The van der Waals surface area contributed by atoms with Crippen LogP contribution in [0.15, 0.2) is 10.7 Å². The maximum Gasteiger partial charge on any atom is 0.490 e. The third kappa shape index (κ3) is 8.02. The Labute approximate surface area is 250 Å². The van der Waals surface area contributed by atoms with E-state index in [4.69, 9.17) is 19.2 Å². The molecule has 0 aromatic carbocycles. The van der Waals surface area contributed by atoms with Crippen molar-refractivity contribution in [3.05, 3.63) is 17.5 Å². The van der Waals surface area contributed by atoms with Crippen LogP contribution in [0.4, 0.5) is 18.0 Å². The first kappa shape index (κ1) is 33.1. The largest absolute Gasteiger partial charge is 0.490 e. The van der Waals surface area contributed by atoms with Gasteiger partial charge in [-0.1, -0.05) is 44.2 Å². The van der Waals surface area contributed by atoms with E-state index in [0.717, 1.165) is 77.7 Å². The van der Waals surface area contributed by atoms with Crippen LogP contribution in [0.25, 0.3) is 0 Å². The molecular weight excluding hydrogens is 569 g/mol. The number of piperidine rings is 2. The van der Waals surface area contributed by atoms with Gasteiger partial charge in [-0.3, -0.25) is 9.69 Å². The van der Waals surface area contributed by atoms with Gasteiger partial charge in [0, 0.05) is 51.6 Å². The number of carboxylic acid groups (broad SMARTS) is 1. The fourth-order valence-electron chi connectivity index (χ4n) is 7.19. The lowest BCUT2D eigenvalue weighted by molar-refractivity contribution is -0.192. The molecule has 43 heavy (non-hydrogen) atoms. The summed E-state index contributed by atoms with van der Waals surface area (Å²) in [5, 5.41) is 10.9. The third-order valence-electron chi connectivity index (χ3n) is 9.66. The van der Waals surface area contributed by atoms with Crippen LogP contribution in [0.1, 0.15) is 100 Å². The molecular formula is C30H45F3N4O6. The first-order valence-corrected chi connectivity index (χ1v) is 15.7. The lowest BCUT2D eigenvalue weighted by atomic mass is 9.80. The SMILES string of the molecule is CCCCC1N(CC2CCCCC2)C(=O)OC12CCN(C1CCN(C(=O)c3cnoc3C)CC1)CC2.O=C(O)C(F)(F)F. The van der Waals surface area contributed by atoms with Gasteiger partial charge < -0.3 is 24.2 Å². The molecule has 2 amide bonds. The Hall–Kier alpha value is -2.83. The number of carbonyl (C=O) groups is 3. The second kappa shape index (κ2) is 14.3. The molecule has 3 aliphatic heterocycles. The minimum absolute atomic E-state index is 0.0273. The van der Waals surface area contributed by atoms with Crippen molar-refractivity contribution in [3.8, 4) is 0 Å². The number of amides is 2. The predicted octanol–water partition coefficient (Wildman–Crippen LogP) is 5.65. The van der Waals surface area contributed by atoms with Crippen LogP contribution in [0.3, 0.4) is 0 Å². The quantitative estimate of drug-likeness (QED) is 0.419. The van der Waals surface area contributed by atoms with E-state index in [0.29, 0.717) is 23.3 Å². The number of rotatable bonds is 7. The molecule has 1 atom stereocenters. The molecule has 0 radical (unpaired) electrons. The van der Waals surface area contributed by atoms with Crippen molar-refractivity contribution >= 4 is 18.0 Å². The highest BCUT2D eigenvalue weighted by molar-refractivity contribution is 5.94. The number of carboxylic acids is 1. The van der Waals surface area contributed by atoms with E-state index in [9.17, 15) is 22.8 Å². The molecule has 0 bridgehead atoms. The Morgan fingerprint density at radius 1 is 1.07 bits per heavy atom. The Bertz CT molecular complexity index is 1090. The minimum Gasteiger partial charge on any atom is -0.475 e. The summed E-state index contributed by atoms with van der Waals surface area (Å²) >= 11 is 0. The summed E-state index contributed by atoms with van der Waals surface area (Å²) < 4.78 is 43.1. The van der Waals surface area contributed by atoms with Crippen LogP contribution in [-0.4, -0.2) is 99.5 Å². The first-order chi connectivity index (χ1) is 20.4. The average Bonchev–Trinajstić information content (AvgIpc) is 3.52. The molecule has 1 saturated carbocycles. The van der Waals surface area contributed by atoms with Crippen molar-refractivity contribution < 1.29 is 41.9 Å². The number of halogens is 3. The van der Waals surface area contributed by atoms with Gasteiger partial charge in [-0.25, -0.2) is 9.59 Å². The summed E-state index contributed by atoms with van der Waals surface area (Å²) in [6.07, 6.45) is 9.99. The Morgan fingerprint density at radius 2 is 1.70 bits per heavy atom. The van der Waals surface area contributed by atoms with Crippen molar-refractivity contribution in [3.63, 3.8) is 0 Å². The first-order valence-electron chi connectivity index (χ1n) is 15.7. The van der Waals surface area contributed by atoms with Crippen molar-refractivity contribution in [1.29, 1.82) is 0 Å². The van der Waals surface area contributed by atoms with Gasteiger partial charge in [0.05, 0.1) is 12.2 Å². The lowest BCUT2D eigenvalue weighted by Gasteiger charge is -2.46. The molecule has 1 aliphatic carbocycles. The molecule has 4 fully saturated rings. The number of unbranched alkanes of at least 4 members (excludes halogenated alkanes) is 1. The minimum atomic E-state index is -5.08. The van der Waals surface area contributed by atoms with Gasteiger partial charge in [-0.05, 0) is 44.9 Å². The van der Waals surface area contributed by atoms with E-state index < -0.39 is 12.1 Å². The average molecular weight is 615 g/mol. The topological polar surface area (TPSA) is 116 Å². The zero-order valence-electron chi connectivity index (χ0n) is 25.2. The summed E-state index contributed by atoms with van der Waals surface area (Å²) in [7, 11) is 0. The molecule has 3 saturated heterocycles. The Morgan fingerprint density at radius 3 is 2.23 bits per heavy atom. The normalized spacial score (nSPS) is 23.7. The van der Waals surface area contributed by atoms with Crippen molar-refractivity contribution in [2.75, 3.05) is 32.7 Å². The Balaban J connectivity index is 0.000000541. The second-order valence-electron chi connectivity index (χ2n) is 12.4. The molecule has 1 spiro atoms. The van der Waals surface area contributed by atoms with Crippen molar-refractivity contribution in [2.24, 2.45) is 5.92 Å². The van der Waals surface area contributed by atoms with Gasteiger partial charge in [0.25, 0.3) is 5.91 Å². The highest BCUT2D eigenvalue weighted by atomic mass is 19.4. The van der Waals surface area contributed by atoms with E-state index in [1.54, 1.807) is 6.92 Å². The van der Waals surface area contributed by atoms with Gasteiger partial charge in [0.1, 0.15) is 16.9 Å². The van der Waals surface area contributed by atoms with Crippen LogP contribution in [0.2, 0.25) is 0 Å². The van der Waals surface area contributed by atoms with Crippen molar-refractivity contribution in [1.82, 2.24) is 19.9 Å². The van der Waals surface area contributed by atoms with Gasteiger partial charge in [0.15, 0.2) is 0 Å². The standard InChI is InChI=1S/C28H44N4O4.C2HF3O2/c1-3-4-10-25-28(35-27(34)32(25)20-22-8-6-5-7-9-22)13-17-30(18-14-28)23-11-15-31(16-12-23)26(33)24-19-29-36-21(24)2;3-2(4,5)1(6)7/h19,22-23,25H,3-18,20H2,1-2H3;(H,6,7). The molecule has 10 nitrogen and oxygen atoms in total. The zero-order chi connectivity index (χ0) is 31.2. The van der Waals surface area contributed by atoms with E-state index >= 15 is 0 Å². The van der Waals surface area contributed by atoms with Gasteiger partial charge in [0.2, 0.25) is 0 Å². The summed E-state index contributed by atoms with van der Waals surface area (Å²) in [5.74, 6) is -1.50. The Kier molecular flexibility index (Phi) is 11.0. The number of likely N-dealkylation sites (tertiary alicyclic amines) is 2. The number of carbonyl (C=O) groups excluding carboxylic acids is 2. The maximum absolute atomic E-state index is 13.1. The molecule has 1 aromatic heterocycles. The van der Waals surface area contributed by atoms with E-state index in [-0.39, 0.29) is 23.6 Å². The predicted molar refractivity (Wildman–Crippen MR) is 150 cm³/mol. The maximum atomic E-state index is 13.1. The summed E-state index contributed by atoms with van der Waals surface area (Å²) in [5.41, 5.74) is 0.257. The number of hydrogen-bond donors (Lipinski definition) is 1. The van der Waals surface area contributed by atoms with Gasteiger partial charge >= 0.3 is 18.2 Å². The number of aromatic nitrogens is 1. The lowest BCUT2D eigenvalue weighted by Crippen LogP contribution is -2.56. The number of aryl methyl sites for hydroxylation is 1. The third-order valence-corrected chi connectivity index (χ3v) is 9.66. The summed E-state index contributed by atoms with van der Waals surface area (Å²) in [4.78, 5) is 41.5.